The van der Waals surface area contributed by atoms with Crippen molar-refractivity contribution in [3.8, 4) is 0 Å². The minimum Gasteiger partial charge on any atom is -0.459 e. The molecule has 0 saturated heterocycles. The fourth-order valence-corrected chi connectivity index (χ4v) is 2.66. The predicted octanol–water partition coefficient (Wildman–Crippen LogP) is 2.71. The van der Waals surface area contributed by atoms with Crippen molar-refractivity contribution in [1.82, 2.24) is 10.2 Å². The monoisotopic (exact) mass is 272 g/mol. The maximum atomic E-state index is 11.6. The van der Waals surface area contributed by atoms with E-state index in [-0.39, 0.29) is 11.8 Å². The molecule has 0 amide bonds. The third-order valence-corrected chi connectivity index (χ3v) is 3.56. The molecular weight excluding hydrogens is 256 g/mol. The van der Waals surface area contributed by atoms with Gasteiger partial charge in [0.15, 0.2) is 0 Å². The Kier molecular flexibility index (Phi) is 3.50. The topological polar surface area (TPSA) is 65.2 Å². The average Bonchev–Trinajstić information content (AvgIpc) is 2.97. The van der Waals surface area contributed by atoms with Gasteiger partial charge in [-0.05, 0) is 37.3 Å². The van der Waals surface area contributed by atoms with E-state index in [1.807, 2.05) is 12.1 Å². The highest BCUT2D eigenvalue weighted by atomic mass is 16.5. The van der Waals surface area contributed by atoms with Crippen LogP contribution in [0.3, 0.4) is 0 Å². The number of hydrogen-bond acceptors (Lipinski definition) is 5. The third kappa shape index (κ3) is 2.31. The first-order valence-corrected chi connectivity index (χ1v) is 6.88. The Hall–Kier alpha value is -2.17. The molecule has 0 radical (unpaired) electrons. The molecule has 0 fully saturated rings. The highest BCUT2D eigenvalue weighted by Crippen LogP contribution is 2.35. The summed E-state index contributed by atoms with van der Waals surface area (Å²) in [6.07, 6.45) is 3.12. The summed E-state index contributed by atoms with van der Waals surface area (Å²) in [6.45, 7) is 2.04. The summed E-state index contributed by atoms with van der Waals surface area (Å²) < 4.78 is 10.4. The van der Waals surface area contributed by atoms with Gasteiger partial charge in [0.25, 0.3) is 0 Å². The molecule has 0 bridgehead atoms. The molecule has 104 valence electrons. The second kappa shape index (κ2) is 5.45. The minimum atomic E-state index is -0.560. The van der Waals surface area contributed by atoms with Crippen LogP contribution in [-0.2, 0) is 11.2 Å². The Morgan fingerprint density at radius 3 is 3.10 bits per heavy atom. The number of carbonyl (C=O) groups is 1. The van der Waals surface area contributed by atoms with E-state index in [1.165, 1.54) is 11.1 Å². The Morgan fingerprint density at radius 2 is 2.25 bits per heavy atom. The van der Waals surface area contributed by atoms with Crippen molar-refractivity contribution < 1.29 is 13.9 Å². The molecule has 0 spiro atoms. The number of carbonyl (C=O) groups excluding carboxylic acids is 1. The predicted molar refractivity (Wildman–Crippen MR) is 71.5 cm³/mol. The molecular formula is C15H16N2O3. The van der Waals surface area contributed by atoms with Crippen molar-refractivity contribution in [2.75, 3.05) is 6.61 Å². The van der Waals surface area contributed by atoms with Gasteiger partial charge in [-0.3, -0.25) is 0 Å². The van der Waals surface area contributed by atoms with Gasteiger partial charge in [-0.2, -0.15) is 0 Å². The zero-order valence-corrected chi connectivity index (χ0v) is 11.3. The van der Waals surface area contributed by atoms with Crippen LogP contribution in [0.4, 0.5) is 0 Å². The molecule has 5 nitrogen and oxygen atoms in total. The van der Waals surface area contributed by atoms with Crippen molar-refractivity contribution in [3.05, 3.63) is 47.2 Å². The standard InChI is InChI=1S/C15H16N2O3/c1-2-19-15(18)14-17-16-13(20-14)12-9-5-7-10-6-3-4-8-11(10)12/h3-4,6,8,12H,2,5,7,9H2,1H3. The minimum absolute atomic E-state index is 0.0649. The summed E-state index contributed by atoms with van der Waals surface area (Å²) >= 11 is 0. The van der Waals surface area contributed by atoms with Crippen molar-refractivity contribution >= 4 is 5.97 Å². The molecule has 0 aliphatic heterocycles. The number of fused-ring (bicyclic) bond motifs is 1. The van der Waals surface area contributed by atoms with Gasteiger partial charge in [-0.25, -0.2) is 4.79 Å². The van der Waals surface area contributed by atoms with Gasteiger partial charge in [0, 0.05) is 0 Å². The van der Waals surface area contributed by atoms with E-state index in [0.717, 1.165) is 19.3 Å². The van der Waals surface area contributed by atoms with Gasteiger partial charge in [-0.15, -0.1) is 10.2 Å². The largest absolute Gasteiger partial charge is 0.459 e. The fraction of sp³-hybridized carbons (Fsp3) is 0.400. The summed E-state index contributed by atoms with van der Waals surface area (Å²) in [5, 5.41) is 7.82. The first-order valence-electron chi connectivity index (χ1n) is 6.88. The van der Waals surface area contributed by atoms with Crippen molar-refractivity contribution in [1.29, 1.82) is 0 Å². The van der Waals surface area contributed by atoms with Crippen LogP contribution in [0.1, 0.15) is 53.4 Å². The van der Waals surface area contributed by atoms with Gasteiger partial charge in [0.05, 0.1) is 12.5 Å². The molecule has 1 aliphatic rings. The molecule has 0 saturated carbocycles. The highest BCUT2D eigenvalue weighted by Gasteiger charge is 2.27. The molecule has 1 unspecified atom stereocenters. The van der Waals surface area contributed by atoms with Crippen LogP contribution in [0.2, 0.25) is 0 Å². The second-order valence-corrected chi connectivity index (χ2v) is 4.81. The Balaban J connectivity index is 1.89. The fourth-order valence-electron chi connectivity index (χ4n) is 2.66. The summed E-state index contributed by atoms with van der Waals surface area (Å²) in [5.41, 5.74) is 2.54. The van der Waals surface area contributed by atoms with E-state index in [1.54, 1.807) is 6.92 Å². The van der Waals surface area contributed by atoms with Gasteiger partial charge in [-0.1, -0.05) is 24.3 Å². The number of nitrogens with zero attached hydrogens (tertiary/aromatic N) is 2. The van der Waals surface area contributed by atoms with E-state index in [0.29, 0.717) is 12.5 Å². The van der Waals surface area contributed by atoms with Crippen LogP contribution in [0.15, 0.2) is 28.7 Å². The lowest BCUT2D eigenvalue weighted by Gasteiger charge is -2.22. The molecule has 1 atom stereocenters. The summed E-state index contributed by atoms with van der Waals surface area (Å²) in [6, 6.07) is 8.27. The number of aryl methyl sites for hydroxylation is 1. The lowest BCUT2D eigenvalue weighted by atomic mass is 9.83. The first kappa shape index (κ1) is 12.8. The Morgan fingerprint density at radius 1 is 1.40 bits per heavy atom. The first-order chi connectivity index (χ1) is 9.79. The van der Waals surface area contributed by atoms with Crippen LogP contribution >= 0.6 is 0 Å². The van der Waals surface area contributed by atoms with Gasteiger partial charge in [0.1, 0.15) is 0 Å². The number of aromatic nitrogens is 2. The molecule has 1 heterocycles. The van der Waals surface area contributed by atoms with Crippen LogP contribution in [0, 0.1) is 0 Å². The lowest BCUT2D eigenvalue weighted by Crippen LogP contribution is -2.11. The van der Waals surface area contributed by atoms with Crippen LogP contribution in [0.25, 0.3) is 0 Å². The molecule has 5 heteroatoms. The smallest absolute Gasteiger partial charge is 0.396 e. The number of esters is 1. The van der Waals surface area contributed by atoms with E-state index < -0.39 is 5.97 Å². The van der Waals surface area contributed by atoms with Crippen LogP contribution in [-0.4, -0.2) is 22.8 Å². The summed E-state index contributed by atoms with van der Waals surface area (Å²) in [5.74, 6) is -0.0453. The second-order valence-electron chi connectivity index (χ2n) is 4.81. The SMILES string of the molecule is CCOC(=O)c1nnc(C2CCCc3ccccc32)o1. The van der Waals surface area contributed by atoms with Crippen molar-refractivity contribution in [2.45, 2.75) is 32.1 Å². The zero-order valence-electron chi connectivity index (χ0n) is 11.3. The van der Waals surface area contributed by atoms with Crippen LogP contribution < -0.4 is 0 Å². The van der Waals surface area contributed by atoms with Gasteiger partial charge < -0.3 is 9.15 Å². The molecule has 1 aromatic heterocycles. The van der Waals surface area contributed by atoms with Crippen molar-refractivity contribution in [2.24, 2.45) is 0 Å². The quantitative estimate of drug-likeness (QED) is 0.804. The molecule has 0 N–H and O–H groups in total. The molecule has 2 aromatic rings. The molecule has 20 heavy (non-hydrogen) atoms. The van der Waals surface area contributed by atoms with E-state index in [9.17, 15) is 4.79 Å². The summed E-state index contributed by atoms with van der Waals surface area (Å²) in [4.78, 5) is 11.6. The molecule has 1 aromatic carbocycles. The van der Waals surface area contributed by atoms with E-state index in [4.69, 9.17) is 9.15 Å². The highest BCUT2D eigenvalue weighted by molar-refractivity contribution is 5.83. The maximum absolute atomic E-state index is 11.6. The maximum Gasteiger partial charge on any atom is 0.396 e. The normalized spacial score (nSPS) is 17.6. The number of ether oxygens (including phenoxy) is 1. The number of rotatable bonds is 3. The lowest BCUT2D eigenvalue weighted by molar-refractivity contribution is 0.0478. The summed E-state index contributed by atoms with van der Waals surface area (Å²) in [7, 11) is 0. The zero-order chi connectivity index (χ0) is 13.9. The van der Waals surface area contributed by atoms with E-state index >= 15 is 0 Å². The Bertz CT molecular complexity index is 621. The van der Waals surface area contributed by atoms with Crippen LogP contribution in [0.5, 0.6) is 0 Å². The average molecular weight is 272 g/mol. The van der Waals surface area contributed by atoms with Gasteiger partial charge >= 0.3 is 11.9 Å². The van der Waals surface area contributed by atoms with E-state index in [2.05, 4.69) is 22.3 Å². The van der Waals surface area contributed by atoms with Crippen molar-refractivity contribution in [3.63, 3.8) is 0 Å². The van der Waals surface area contributed by atoms with Gasteiger partial charge in [0.2, 0.25) is 5.89 Å². The Labute approximate surface area is 117 Å². The number of benzene rings is 1. The molecule has 3 rings (SSSR count). The number of hydrogen-bond donors (Lipinski definition) is 0. The molecule has 1 aliphatic carbocycles. The third-order valence-electron chi connectivity index (χ3n) is 3.56.